The monoisotopic (exact) mass is 302 g/mol. The van der Waals surface area contributed by atoms with Crippen molar-refractivity contribution in [3.8, 4) is 0 Å². The molecule has 1 aromatic heterocycles. The molecule has 1 aliphatic rings. The minimum Gasteiger partial charge on any atom is -0.326 e. The number of rotatable bonds is 4. The Bertz CT molecular complexity index is 510. The van der Waals surface area contributed by atoms with Gasteiger partial charge in [0.25, 0.3) is 10.0 Å². The minimum atomic E-state index is -3.31. The zero-order chi connectivity index (χ0) is 13.9. The van der Waals surface area contributed by atoms with Crippen LogP contribution >= 0.6 is 11.3 Å². The van der Waals surface area contributed by atoms with E-state index in [1.165, 1.54) is 11.3 Å². The van der Waals surface area contributed by atoms with Gasteiger partial charge in [-0.1, -0.05) is 13.3 Å². The first kappa shape index (κ1) is 15.0. The molecule has 6 heteroatoms. The van der Waals surface area contributed by atoms with Crippen molar-refractivity contribution in [1.82, 2.24) is 4.31 Å². The van der Waals surface area contributed by atoms with Crippen molar-refractivity contribution in [2.45, 2.75) is 43.4 Å². The number of sulfonamides is 1. The van der Waals surface area contributed by atoms with Crippen molar-refractivity contribution in [1.29, 1.82) is 0 Å². The Morgan fingerprint density at radius 3 is 2.84 bits per heavy atom. The first-order valence-electron chi connectivity index (χ1n) is 6.85. The summed E-state index contributed by atoms with van der Waals surface area (Å²) < 4.78 is 27.2. The van der Waals surface area contributed by atoms with Crippen LogP contribution in [-0.4, -0.2) is 25.8 Å². The second-order valence-corrected chi connectivity index (χ2v) is 8.16. The Kier molecular flexibility index (Phi) is 5.00. The zero-order valence-electron chi connectivity index (χ0n) is 11.3. The van der Waals surface area contributed by atoms with Gasteiger partial charge in [0.2, 0.25) is 0 Å². The molecule has 0 aliphatic carbocycles. The Morgan fingerprint density at radius 1 is 1.42 bits per heavy atom. The van der Waals surface area contributed by atoms with E-state index in [1.54, 1.807) is 10.4 Å². The highest BCUT2D eigenvalue weighted by atomic mass is 32.2. The predicted molar refractivity (Wildman–Crippen MR) is 78.6 cm³/mol. The third kappa shape index (κ3) is 3.37. The Morgan fingerprint density at radius 2 is 2.21 bits per heavy atom. The van der Waals surface area contributed by atoms with Gasteiger partial charge in [-0.3, -0.25) is 0 Å². The van der Waals surface area contributed by atoms with Gasteiger partial charge >= 0.3 is 0 Å². The van der Waals surface area contributed by atoms with Crippen molar-refractivity contribution < 1.29 is 8.42 Å². The molecular weight excluding hydrogens is 280 g/mol. The van der Waals surface area contributed by atoms with Crippen molar-refractivity contribution in [3.63, 3.8) is 0 Å². The second kappa shape index (κ2) is 6.35. The first-order valence-corrected chi connectivity index (χ1v) is 9.17. The summed E-state index contributed by atoms with van der Waals surface area (Å²) in [6.07, 6.45) is 4.23. The van der Waals surface area contributed by atoms with E-state index in [2.05, 4.69) is 6.92 Å². The molecule has 19 heavy (non-hydrogen) atoms. The highest BCUT2D eigenvalue weighted by Crippen LogP contribution is 2.28. The Labute approximate surface area is 119 Å². The van der Waals surface area contributed by atoms with Crippen LogP contribution in [-0.2, 0) is 16.6 Å². The zero-order valence-corrected chi connectivity index (χ0v) is 13.0. The molecule has 1 aromatic rings. The molecule has 1 aliphatic heterocycles. The van der Waals surface area contributed by atoms with Crippen LogP contribution in [0, 0.1) is 5.92 Å². The van der Waals surface area contributed by atoms with Crippen LogP contribution in [0.15, 0.2) is 15.7 Å². The average Bonchev–Trinajstić information content (AvgIpc) is 2.76. The molecule has 0 aromatic carbocycles. The summed E-state index contributed by atoms with van der Waals surface area (Å²) in [5, 5.41) is 1.83. The van der Waals surface area contributed by atoms with Crippen LogP contribution in [0.25, 0.3) is 0 Å². The molecular formula is C13H22N2O2S2. The topological polar surface area (TPSA) is 63.4 Å². The molecule has 0 radical (unpaired) electrons. The lowest BCUT2D eigenvalue weighted by Crippen LogP contribution is -2.31. The van der Waals surface area contributed by atoms with Gasteiger partial charge in [-0.25, -0.2) is 8.42 Å². The number of thiophene rings is 1. The van der Waals surface area contributed by atoms with Gasteiger partial charge in [-0.05, 0) is 42.2 Å². The molecule has 0 bridgehead atoms. The van der Waals surface area contributed by atoms with E-state index in [9.17, 15) is 8.42 Å². The maximum Gasteiger partial charge on any atom is 0.252 e. The molecule has 2 N–H and O–H groups in total. The van der Waals surface area contributed by atoms with Crippen LogP contribution in [0.4, 0.5) is 0 Å². The van der Waals surface area contributed by atoms with E-state index >= 15 is 0 Å². The van der Waals surface area contributed by atoms with Crippen LogP contribution < -0.4 is 5.73 Å². The summed E-state index contributed by atoms with van der Waals surface area (Å²) in [6, 6.07) is 1.71. The first-order chi connectivity index (χ1) is 9.07. The Hall–Kier alpha value is -0.430. The maximum atomic E-state index is 12.6. The van der Waals surface area contributed by atoms with E-state index in [1.807, 2.05) is 5.38 Å². The number of hydrogen-bond acceptors (Lipinski definition) is 4. The van der Waals surface area contributed by atoms with E-state index < -0.39 is 10.0 Å². The van der Waals surface area contributed by atoms with E-state index in [0.29, 0.717) is 29.8 Å². The van der Waals surface area contributed by atoms with Crippen LogP contribution in [0.1, 0.15) is 38.2 Å². The fraction of sp³-hybridized carbons (Fsp3) is 0.692. The lowest BCUT2D eigenvalue weighted by molar-refractivity contribution is 0.408. The summed E-state index contributed by atoms with van der Waals surface area (Å²) in [6.45, 7) is 3.87. The van der Waals surface area contributed by atoms with E-state index in [0.717, 1.165) is 31.2 Å². The van der Waals surface area contributed by atoms with Gasteiger partial charge < -0.3 is 5.73 Å². The molecule has 1 fully saturated rings. The van der Waals surface area contributed by atoms with Gasteiger partial charge in [0, 0.05) is 19.6 Å². The van der Waals surface area contributed by atoms with Gasteiger partial charge in [-0.15, -0.1) is 11.3 Å². The molecule has 108 valence electrons. The quantitative estimate of drug-likeness (QED) is 0.929. The minimum absolute atomic E-state index is 0.393. The second-order valence-electron chi connectivity index (χ2n) is 5.09. The molecule has 1 saturated heterocycles. The fourth-order valence-corrected chi connectivity index (χ4v) is 5.38. The lowest BCUT2D eigenvalue weighted by atomic mass is 9.98. The smallest absolute Gasteiger partial charge is 0.252 e. The molecule has 2 rings (SSSR count). The van der Waals surface area contributed by atoms with Gasteiger partial charge in [-0.2, -0.15) is 4.31 Å². The highest BCUT2D eigenvalue weighted by Gasteiger charge is 2.28. The van der Waals surface area contributed by atoms with Crippen LogP contribution in [0.3, 0.4) is 0 Å². The van der Waals surface area contributed by atoms with Gasteiger partial charge in [0.05, 0.1) is 0 Å². The lowest BCUT2D eigenvalue weighted by Gasteiger charge is -2.19. The number of hydrogen-bond donors (Lipinski definition) is 1. The normalized spacial score (nSPS) is 22.3. The number of nitrogens with two attached hydrogens (primary N) is 1. The predicted octanol–water partition coefficient (Wildman–Crippen LogP) is 2.41. The van der Waals surface area contributed by atoms with Crippen molar-refractivity contribution in [3.05, 3.63) is 17.0 Å². The van der Waals surface area contributed by atoms with Gasteiger partial charge in [0.15, 0.2) is 0 Å². The number of nitrogens with zero attached hydrogens (tertiary/aromatic N) is 1. The molecule has 4 nitrogen and oxygen atoms in total. The molecule has 1 atom stereocenters. The SMILES string of the molecule is CCC1CCCN(S(=O)(=O)c2cc(CN)cs2)CC1. The molecule has 0 amide bonds. The standard InChI is InChI=1S/C13H22N2O2S2/c1-2-11-4-3-6-15(7-5-11)19(16,17)13-8-12(9-14)10-18-13/h8,10-11H,2-7,9,14H2,1H3. The molecule has 0 saturated carbocycles. The summed E-state index contributed by atoms with van der Waals surface area (Å²) >= 11 is 1.28. The summed E-state index contributed by atoms with van der Waals surface area (Å²) in [5.74, 6) is 0.670. The maximum absolute atomic E-state index is 12.6. The van der Waals surface area contributed by atoms with Crippen LogP contribution in [0.5, 0.6) is 0 Å². The third-order valence-electron chi connectivity index (χ3n) is 3.84. The Balaban J connectivity index is 2.15. The van der Waals surface area contributed by atoms with Crippen molar-refractivity contribution in [2.75, 3.05) is 13.1 Å². The summed E-state index contributed by atoms with van der Waals surface area (Å²) in [5.41, 5.74) is 6.44. The van der Waals surface area contributed by atoms with E-state index in [4.69, 9.17) is 5.73 Å². The van der Waals surface area contributed by atoms with Crippen molar-refractivity contribution in [2.24, 2.45) is 11.7 Å². The van der Waals surface area contributed by atoms with Gasteiger partial charge in [0.1, 0.15) is 4.21 Å². The fourth-order valence-electron chi connectivity index (χ4n) is 2.51. The van der Waals surface area contributed by atoms with Crippen molar-refractivity contribution >= 4 is 21.4 Å². The molecule has 1 unspecified atom stereocenters. The molecule has 0 spiro atoms. The highest BCUT2D eigenvalue weighted by molar-refractivity contribution is 7.91. The third-order valence-corrected chi connectivity index (χ3v) is 7.21. The van der Waals surface area contributed by atoms with E-state index in [-0.39, 0.29) is 0 Å². The largest absolute Gasteiger partial charge is 0.326 e. The summed E-state index contributed by atoms with van der Waals surface area (Å²) in [7, 11) is -3.31. The molecule has 2 heterocycles. The average molecular weight is 302 g/mol. The van der Waals surface area contributed by atoms with Crippen LogP contribution in [0.2, 0.25) is 0 Å². The summed E-state index contributed by atoms with van der Waals surface area (Å²) in [4.78, 5) is 0.